The summed E-state index contributed by atoms with van der Waals surface area (Å²) in [5, 5.41) is 12.9. The summed E-state index contributed by atoms with van der Waals surface area (Å²) in [5.41, 5.74) is -0.827. The molecule has 3 amide bonds. The molecular weight excluding hydrogens is 200 g/mol. The number of hydrogen-bond donors (Lipinski definition) is 1. The summed E-state index contributed by atoms with van der Waals surface area (Å²) in [5.74, 6) is -1.84. The van der Waals surface area contributed by atoms with Gasteiger partial charge in [-0.15, -0.1) is 0 Å². The Kier molecular flexibility index (Phi) is 2.13. The minimum atomic E-state index is -1.42. The lowest BCUT2D eigenvalue weighted by molar-refractivity contribution is -0.305. The third kappa shape index (κ3) is 1.45. The van der Waals surface area contributed by atoms with Crippen LogP contribution in [0, 0.1) is 0 Å². The van der Waals surface area contributed by atoms with E-state index in [1.807, 2.05) is 0 Å². The largest absolute Gasteiger partial charge is 0.548 e. The average molecular weight is 211 g/mol. The van der Waals surface area contributed by atoms with E-state index in [1.165, 1.54) is 0 Å². The molecule has 2 fully saturated rings. The normalized spacial score (nSPS) is 23.6. The van der Waals surface area contributed by atoms with E-state index < -0.39 is 30.0 Å². The van der Waals surface area contributed by atoms with Crippen molar-refractivity contribution in [2.24, 2.45) is 0 Å². The van der Waals surface area contributed by atoms with Crippen molar-refractivity contribution in [3.8, 4) is 0 Å². The molecule has 6 heteroatoms. The van der Waals surface area contributed by atoms with Crippen LogP contribution in [0.25, 0.3) is 0 Å². The van der Waals surface area contributed by atoms with E-state index in [2.05, 4.69) is 5.32 Å². The van der Waals surface area contributed by atoms with Crippen molar-refractivity contribution < 1.29 is 19.5 Å². The molecule has 0 atom stereocenters. The summed E-state index contributed by atoms with van der Waals surface area (Å²) in [6.45, 7) is -0.660. The Morgan fingerprint density at radius 3 is 2.53 bits per heavy atom. The van der Waals surface area contributed by atoms with Gasteiger partial charge in [-0.3, -0.25) is 9.69 Å². The number of nitrogens with zero attached hydrogens (tertiary/aromatic N) is 1. The zero-order valence-electron chi connectivity index (χ0n) is 8.12. The van der Waals surface area contributed by atoms with E-state index in [0.29, 0.717) is 12.8 Å². The van der Waals surface area contributed by atoms with Crippen molar-refractivity contribution in [3.63, 3.8) is 0 Å². The molecule has 15 heavy (non-hydrogen) atoms. The summed E-state index contributed by atoms with van der Waals surface area (Å²) in [6, 6.07) is -0.619. The molecular formula is C9H11N2O4-. The van der Waals surface area contributed by atoms with Crippen LogP contribution in [0.3, 0.4) is 0 Å². The van der Waals surface area contributed by atoms with Gasteiger partial charge in [0.15, 0.2) is 0 Å². The van der Waals surface area contributed by atoms with Crippen LogP contribution < -0.4 is 10.4 Å². The van der Waals surface area contributed by atoms with Gasteiger partial charge in [-0.2, -0.15) is 0 Å². The van der Waals surface area contributed by atoms with Gasteiger partial charge in [0.05, 0.1) is 12.5 Å². The maximum absolute atomic E-state index is 11.8. The summed E-state index contributed by atoms with van der Waals surface area (Å²) in [4.78, 5) is 34.3. The molecule has 1 spiro atoms. The molecule has 0 aromatic carbocycles. The molecule has 1 aliphatic heterocycles. The molecule has 1 N–H and O–H groups in total. The highest BCUT2D eigenvalue weighted by atomic mass is 16.4. The lowest BCUT2D eigenvalue weighted by Crippen LogP contribution is -2.45. The first-order valence-corrected chi connectivity index (χ1v) is 4.89. The second-order valence-electron chi connectivity index (χ2n) is 3.98. The van der Waals surface area contributed by atoms with Gasteiger partial charge in [0, 0.05) is 0 Å². The minimum absolute atomic E-state index is 0.422. The number of carbonyl (C=O) groups excluding carboxylic acids is 3. The first kappa shape index (κ1) is 9.95. The van der Waals surface area contributed by atoms with E-state index in [0.717, 1.165) is 17.7 Å². The van der Waals surface area contributed by atoms with Gasteiger partial charge < -0.3 is 15.2 Å². The fourth-order valence-electron chi connectivity index (χ4n) is 2.27. The topological polar surface area (TPSA) is 89.5 Å². The number of carboxylic acid groups (broad SMARTS) is 1. The first-order chi connectivity index (χ1) is 7.05. The number of carbonyl (C=O) groups is 3. The van der Waals surface area contributed by atoms with Crippen molar-refractivity contribution in [1.82, 2.24) is 10.2 Å². The van der Waals surface area contributed by atoms with E-state index in [1.54, 1.807) is 0 Å². The number of nitrogens with one attached hydrogen (secondary N) is 1. The third-order valence-corrected chi connectivity index (χ3v) is 2.99. The number of aliphatic carboxylic acids is 1. The Morgan fingerprint density at radius 1 is 1.40 bits per heavy atom. The van der Waals surface area contributed by atoms with Crippen molar-refractivity contribution in [3.05, 3.63) is 0 Å². The SMILES string of the molecule is O=C([O-])CN1C(=O)NC2(CCCC2)C1=O. The van der Waals surface area contributed by atoms with Crippen LogP contribution in [0.4, 0.5) is 4.79 Å². The quantitative estimate of drug-likeness (QED) is 0.569. The Morgan fingerprint density at radius 2 is 2.00 bits per heavy atom. The van der Waals surface area contributed by atoms with Crippen molar-refractivity contribution >= 4 is 17.9 Å². The van der Waals surface area contributed by atoms with Crippen LogP contribution in [-0.2, 0) is 9.59 Å². The molecule has 6 nitrogen and oxygen atoms in total. The molecule has 0 bridgehead atoms. The lowest BCUT2D eigenvalue weighted by atomic mass is 9.98. The lowest BCUT2D eigenvalue weighted by Gasteiger charge is -2.20. The fraction of sp³-hybridized carbons (Fsp3) is 0.667. The van der Waals surface area contributed by atoms with Gasteiger partial charge in [0.2, 0.25) is 0 Å². The van der Waals surface area contributed by atoms with Crippen LogP contribution in [0.15, 0.2) is 0 Å². The van der Waals surface area contributed by atoms with Crippen molar-refractivity contribution in [2.75, 3.05) is 6.54 Å². The maximum atomic E-state index is 11.8. The minimum Gasteiger partial charge on any atom is -0.548 e. The first-order valence-electron chi connectivity index (χ1n) is 4.89. The van der Waals surface area contributed by atoms with E-state index in [9.17, 15) is 19.5 Å². The van der Waals surface area contributed by atoms with Gasteiger partial charge in [-0.25, -0.2) is 4.79 Å². The number of rotatable bonds is 2. The molecule has 1 heterocycles. The number of imide groups is 1. The Hall–Kier alpha value is -1.59. The molecule has 2 rings (SSSR count). The summed E-state index contributed by atoms with van der Waals surface area (Å²) in [7, 11) is 0. The Bertz CT molecular complexity index is 333. The molecule has 0 unspecified atom stereocenters. The van der Waals surface area contributed by atoms with Crippen LogP contribution in [0.2, 0.25) is 0 Å². The van der Waals surface area contributed by atoms with Crippen molar-refractivity contribution in [1.29, 1.82) is 0 Å². The fourth-order valence-corrected chi connectivity index (χ4v) is 2.27. The summed E-state index contributed by atoms with van der Waals surface area (Å²) >= 11 is 0. The van der Waals surface area contributed by atoms with Crippen LogP contribution in [0.5, 0.6) is 0 Å². The average Bonchev–Trinajstić information content (AvgIpc) is 2.69. The Balaban J connectivity index is 2.19. The monoisotopic (exact) mass is 211 g/mol. The van der Waals surface area contributed by atoms with E-state index in [-0.39, 0.29) is 0 Å². The highest BCUT2D eigenvalue weighted by Gasteiger charge is 2.52. The summed E-state index contributed by atoms with van der Waals surface area (Å²) < 4.78 is 0. The number of hydrogen-bond acceptors (Lipinski definition) is 4. The van der Waals surface area contributed by atoms with E-state index >= 15 is 0 Å². The molecule has 1 saturated carbocycles. The molecule has 0 aromatic heterocycles. The number of carboxylic acids is 1. The molecule has 0 aromatic rings. The smallest absolute Gasteiger partial charge is 0.325 e. The van der Waals surface area contributed by atoms with Crippen LogP contribution in [0.1, 0.15) is 25.7 Å². The second-order valence-corrected chi connectivity index (χ2v) is 3.98. The highest BCUT2D eigenvalue weighted by molar-refractivity contribution is 6.08. The van der Waals surface area contributed by atoms with E-state index in [4.69, 9.17) is 0 Å². The van der Waals surface area contributed by atoms with Crippen LogP contribution in [-0.4, -0.2) is 34.9 Å². The zero-order chi connectivity index (χ0) is 11.1. The number of urea groups is 1. The zero-order valence-corrected chi connectivity index (χ0v) is 8.12. The molecule has 1 saturated heterocycles. The maximum Gasteiger partial charge on any atom is 0.325 e. The predicted octanol–water partition coefficient (Wildman–Crippen LogP) is -1.40. The highest BCUT2D eigenvalue weighted by Crippen LogP contribution is 2.34. The van der Waals surface area contributed by atoms with Gasteiger partial charge >= 0.3 is 6.03 Å². The summed E-state index contributed by atoms with van der Waals surface area (Å²) in [6.07, 6.45) is 2.96. The van der Waals surface area contributed by atoms with Gasteiger partial charge in [-0.1, -0.05) is 12.8 Å². The molecule has 1 aliphatic carbocycles. The van der Waals surface area contributed by atoms with Gasteiger partial charge in [0.25, 0.3) is 5.91 Å². The van der Waals surface area contributed by atoms with Crippen molar-refractivity contribution in [2.45, 2.75) is 31.2 Å². The third-order valence-electron chi connectivity index (χ3n) is 2.99. The molecule has 82 valence electrons. The van der Waals surface area contributed by atoms with Crippen LogP contribution >= 0.6 is 0 Å². The predicted molar refractivity (Wildman–Crippen MR) is 46.5 cm³/mol. The van der Waals surface area contributed by atoms with Gasteiger partial charge in [0.1, 0.15) is 5.54 Å². The standard InChI is InChI=1S/C9H12N2O4/c12-6(13)5-11-7(14)9(10-8(11)15)3-1-2-4-9/h1-5H2,(H,10,15)(H,12,13)/p-1. The molecule has 2 aliphatic rings. The second kappa shape index (κ2) is 3.22. The number of amides is 3. The van der Waals surface area contributed by atoms with Gasteiger partial charge in [-0.05, 0) is 12.8 Å². The molecule has 0 radical (unpaired) electrons. The Labute approximate surface area is 86.2 Å².